The summed E-state index contributed by atoms with van der Waals surface area (Å²) in [5.74, 6) is 1.22. The smallest absolute Gasteiger partial charge is 0.0472 e. The van der Waals surface area contributed by atoms with Gasteiger partial charge in [0.2, 0.25) is 0 Å². The summed E-state index contributed by atoms with van der Waals surface area (Å²) >= 11 is 3.50. The first-order chi connectivity index (χ1) is 9.63. The van der Waals surface area contributed by atoms with Crippen molar-refractivity contribution in [2.45, 2.75) is 39.5 Å². The SMILES string of the molecule is CCCOCCC(CNCC(C)C)c1ccc(Br)cc1. The van der Waals surface area contributed by atoms with E-state index in [0.29, 0.717) is 11.8 Å². The maximum Gasteiger partial charge on any atom is 0.0472 e. The summed E-state index contributed by atoms with van der Waals surface area (Å²) in [5, 5.41) is 3.57. The Morgan fingerprint density at radius 2 is 1.80 bits per heavy atom. The molecule has 1 atom stereocenters. The summed E-state index contributed by atoms with van der Waals surface area (Å²) in [6, 6.07) is 8.67. The third-order valence-corrected chi connectivity index (χ3v) is 3.77. The third-order valence-electron chi connectivity index (χ3n) is 3.24. The first kappa shape index (κ1) is 17.7. The number of halogens is 1. The van der Waals surface area contributed by atoms with E-state index >= 15 is 0 Å². The van der Waals surface area contributed by atoms with Gasteiger partial charge in [0.25, 0.3) is 0 Å². The average molecular weight is 342 g/mol. The van der Waals surface area contributed by atoms with Gasteiger partial charge in [-0.2, -0.15) is 0 Å². The summed E-state index contributed by atoms with van der Waals surface area (Å²) in [6.45, 7) is 10.4. The van der Waals surface area contributed by atoms with Crippen molar-refractivity contribution < 1.29 is 4.74 Å². The molecule has 0 aromatic heterocycles. The summed E-state index contributed by atoms with van der Waals surface area (Å²) in [6.07, 6.45) is 2.17. The van der Waals surface area contributed by atoms with Crippen LogP contribution < -0.4 is 5.32 Å². The molecule has 0 aliphatic carbocycles. The lowest BCUT2D eigenvalue weighted by Crippen LogP contribution is -2.26. The molecule has 1 N–H and O–H groups in total. The van der Waals surface area contributed by atoms with Crippen LogP contribution in [0.25, 0.3) is 0 Å². The van der Waals surface area contributed by atoms with E-state index in [4.69, 9.17) is 4.74 Å². The minimum Gasteiger partial charge on any atom is -0.381 e. The molecule has 20 heavy (non-hydrogen) atoms. The van der Waals surface area contributed by atoms with Crippen molar-refractivity contribution in [2.75, 3.05) is 26.3 Å². The van der Waals surface area contributed by atoms with Crippen molar-refractivity contribution in [1.82, 2.24) is 5.32 Å². The number of rotatable bonds is 10. The minimum absolute atomic E-state index is 0.527. The molecule has 0 saturated heterocycles. The highest BCUT2D eigenvalue weighted by molar-refractivity contribution is 9.10. The van der Waals surface area contributed by atoms with Gasteiger partial charge in [-0.3, -0.25) is 0 Å². The molecule has 1 aromatic carbocycles. The van der Waals surface area contributed by atoms with Crippen molar-refractivity contribution in [1.29, 1.82) is 0 Å². The quantitative estimate of drug-likeness (QED) is 0.628. The fourth-order valence-corrected chi connectivity index (χ4v) is 2.40. The van der Waals surface area contributed by atoms with Gasteiger partial charge in [0.05, 0.1) is 0 Å². The minimum atomic E-state index is 0.527. The second-order valence-electron chi connectivity index (χ2n) is 5.70. The Bertz CT molecular complexity index is 351. The van der Waals surface area contributed by atoms with Crippen LogP contribution in [0.2, 0.25) is 0 Å². The van der Waals surface area contributed by atoms with Crippen molar-refractivity contribution >= 4 is 15.9 Å². The van der Waals surface area contributed by atoms with Crippen LogP contribution in [-0.4, -0.2) is 26.3 Å². The summed E-state index contributed by atoms with van der Waals surface area (Å²) < 4.78 is 6.79. The molecule has 0 radical (unpaired) electrons. The van der Waals surface area contributed by atoms with E-state index in [9.17, 15) is 0 Å². The molecular formula is C17H28BrNO. The molecule has 2 nitrogen and oxygen atoms in total. The molecule has 0 heterocycles. The van der Waals surface area contributed by atoms with Crippen LogP contribution in [0.3, 0.4) is 0 Å². The fourth-order valence-electron chi connectivity index (χ4n) is 2.14. The summed E-state index contributed by atoms with van der Waals surface area (Å²) in [5.41, 5.74) is 1.39. The van der Waals surface area contributed by atoms with Crippen molar-refractivity contribution in [3.63, 3.8) is 0 Å². The van der Waals surface area contributed by atoms with E-state index in [2.05, 4.69) is 66.3 Å². The first-order valence-electron chi connectivity index (χ1n) is 7.67. The fraction of sp³-hybridized carbons (Fsp3) is 0.647. The largest absolute Gasteiger partial charge is 0.381 e. The topological polar surface area (TPSA) is 21.3 Å². The highest BCUT2D eigenvalue weighted by Gasteiger charge is 2.11. The highest BCUT2D eigenvalue weighted by atomic mass is 79.9. The first-order valence-corrected chi connectivity index (χ1v) is 8.46. The molecule has 0 aliphatic heterocycles. The number of nitrogens with one attached hydrogen (secondary N) is 1. The van der Waals surface area contributed by atoms with Crippen LogP contribution in [0.15, 0.2) is 28.7 Å². The van der Waals surface area contributed by atoms with E-state index in [-0.39, 0.29) is 0 Å². The Kier molecular flexibility index (Phi) is 9.16. The van der Waals surface area contributed by atoms with Crippen LogP contribution in [0.4, 0.5) is 0 Å². The van der Waals surface area contributed by atoms with E-state index < -0.39 is 0 Å². The number of hydrogen-bond donors (Lipinski definition) is 1. The monoisotopic (exact) mass is 341 g/mol. The summed E-state index contributed by atoms with van der Waals surface area (Å²) in [4.78, 5) is 0. The number of ether oxygens (including phenoxy) is 1. The zero-order valence-corrected chi connectivity index (χ0v) is 14.6. The maximum absolute atomic E-state index is 5.65. The van der Waals surface area contributed by atoms with Crippen molar-refractivity contribution in [2.24, 2.45) is 5.92 Å². The zero-order chi connectivity index (χ0) is 14.8. The van der Waals surface area contributed by atoms with Crippen molar-refractivity contribution in [3.8, 4) is 0 Å². The molecule has 1 aromatic rings. The van der Waals surface area contributed by atoms with Crippen LogP contribution in [0.5, 0.6) is 0 Å². The van der Waals surface area contributed by atoms with Gasteiger partial charge in [0, 0.05) is 24.2 Å². The van der Waals surface area contributed by atoms with Crippen LogP contribution in [0, 0.1) is 5.92 Å². The van der Waals surface area contributed by atoms with Gasteiger partial charge in [-0.25, -0.2) is 0 Å². The normalized spacial score (nSPS) is 12.8. The van der Waals surface area contributed by atoms with Crippen LogP contribution >= 0.6 is 15.9 Å². The van der Waals surface area contributed by atoms with E-state index in [1.54, 1.807) is 0 Å². The Morgan fingerprint density at radius 1 is 1.10 bits per heavy atom. The Hall–Kier alpha value is -0.380. The van der Waals surface area contributed by atoms with Gasteiger partial charge >= 0.3 is 0 Å². The predicted octanol–water partition coefficient (Wildman–Crippen LogP) is 4.60. The van der Waals surface area contributed by atoms with E-state index in [0.717, 1.165) is 43.6 Å². The van der Waals surface area contributed by atoms with Gasteiger partial charge in [-0.1, -0.05) is 48.8 Å². The molecular weight excluding hydrogens is 314 g/mol. The average Bonchev–Trinajstić information content (AvgIpc) is 2.42. The summed E-state index contributed by atoms with van der Waals surface area (Å²) in [7, 11) is 0. The molecule has 1 rings (SSSR count). The van der Waals surface area contributed by atoms with Gasteiger partial charge in [-0.15, -0.1) is 0 Å². The number of benzene rings is 1. The molecule has 0 amide bonds. The second kappa shape index (κ2) is 10.4. The lowest BCUT2D eigenvalue weighted by molar-refractivity contribution is 0.127. The van der Waals surface area contributed by atoms with E-state index in [1.807, 2.05) is 0 Å². The lowest BCUT2D eigenvalue weighted by atomic mass is 9.96. The zero-order valence-electron chi connectivity index (χ0n) is 13.0. The molecule has 0 spiro atoms. The molecule has 3 heteroatoms. The Labute approximate surface area is 132 Å². The Morgan fingerprint density at radius 3 is 2.40 bits per heavy atom. The predicted molar refractivity (Wildman–Crippen MR) is 90.3 cm³/mol. The number of hydrogen-bond acceptors (Lipinski definition) is 2. The molecule has 0 fully saturated rings. The molecule has 0 aliphatic rings. The highest BCUT2D eigenvalue weighted by Crippen LogP contribution is 2.21. The van der Waals surface area contributed by atoms with Gasteiger partial charge < -0.3 is 10.1 Å². The van der Waals surface area contributed by atoms with Crippen LogP contribution in [-0.2, 0) is 4.74 Å². The Balaban J connectivity index is 2.51. The van der Waals surface area contributed by atoms with Gasteiger partial charge in [0.1, 0.15) is 0 Å². The second-order valence-corrected chi connectivity index (χ2v) is 6.62. The maximum atomic E-state index is 5.65. The molecule has 114 valence electrons. The van der Waals surface area contributed by atoms with Gasteiger partial charge in [0.15, 0.2) is 0 Å². The molecule has 1 unspecified atom stereocenters. The third kappa shape index (κ3) is 7.41. The van der Waals surface area contributed by atoms with Crippen LogP contribution in [0.1, 0.15) is 45.1 Å². The van der Waals surface area contributed by atoms with Crippen molar-refractivity contribution in [3.05, 3.63) is 34.3 Å². The van der Waals surface area contributed by atoms with Gasteiger partial charge in [-0.05, 0) is 48.9 Å². The standard InChI is InChI=1S/C17H28BrNO/c1-4-10-20-11-9-16(13-19-12-14(2)3)15-5-7-17(18)8-6-15/h5-8,14,16,19H,4,9-13H2,1-3H3. The molecule has 0 saturated carbocycles. The van der Waals surface area contributed by atoms with E-state index in [1.165, 1.54) is 5.56 Å². The lowest BCUT2D eigenvalue weighted by Gasteiger charge is -2.19. The molecule has 0 bridgehead atoms.